The van der Waals surface area contributed by atoms with Crippen LogP contribution in [0.5, 0.6) is 0 Å². The monoisotopic (exact) mass is 462 g/mol. The summed E-state index contributed by atoms with van der Waals surface area (Å²) in [6.45, 7) is 1.27. The van der Waals surface area contributed by atoms with Crippen molar-refractivity contribution in [3.8, 4) is 0 Å². The van der Waals surface area contributed by atoms with Gasteiger partial charge in [0.2, 0.25) is 0 Å². The standard InChI is InChI=1S/C19H19BrN4O3S/c20-14-8-13(9-21-10-14)18(26)24-19(28)23-15-5-3-12(4-6-15)17(25)22-11-16-2-1-7-27-16/h3-6,8-10,16H,1-2,7,11H2,(H,22,25)(H2,23,24,26,28)/t16-/m0/s1. The van der Waals surface area contributed by atoms with E-state index in [-0.39, 0.29) is 23.0 Å². The molecule has 1 fully saturated rings. The number of amides is 2. The number of ether oxygens (including phenoxy) is 1. The summed E-state index contributed by atoms with van der Waals surface area (Å²) in [5.74, 6) is -0.517. The zero-order chi connectivity index (χ0) is 19.9. The summed E-state index contributed by atoms with van der Waals surface area (Å²) in [5, 5.41) is 8.53. The molecule has 1 saturated heterocycles. The Morgan fingerprint density at radius 1 is 1.18 bits per heavy atom. The minimum Gasteiger partial charge on any atom is -0.376 e. The number of halogens is 1. The number of hydrogen-bond donors (Lipinski definition) is 3. The molecule has 1 aliphatic heterocycles. The van der Waals surface area contributed by atoms with E-state index < -0.39 is 0 Å². The molecule has 3 rings (SSSR count). The molecular formula is C19H19BrN4O3S. The molecule has 0 aliphatic carbocycles. The van der Waals surface area contributed by atoms with Gasteiger partial charge in [-0.2, -0.15) is 0 Å². The van der Waals surface area contributed by atoms with E-state index in [0.717, 1.165) is 19.4 Å². The minimum atomic E-state index is -0.364. The van der Waals surface area contributed by atoms with Crippen LogP contribution in [-0.4, -0.2) is 41.2 Å². The maximum Gasteiger partial charge on any atom is 0.259 e. The van der Waals surface area contributed by atoms with E-state index in [2.05, 4.69) is 36.9 Å². The van der Waals surface area contributed by atoms with Crippen LogP contribution in [0.2, 0.25) is 0 Å². The first-order chi connectivity index (χ1) is 13.5. The average Bonchev–Trinajstić information content (AvgIpc) is 3.20. The third kappa shape index (κ3) is 5.82. The Labute approximate surface area is 176 Å². The van der Waals surface area contributed by atoms with Gasteiger partial charge in [0, 0.05) is 41.3 Å². The molecule has 3 N–H and O–H groups in total. The summed E-state index contributed by atoms with van der Waals surface area (Å²) in [6.07, 6.45) is 5.15. The van der Waals surface area contributed by atoms with Gasteiger partial charge in [-0.25, -0.2) is 0 Å². The van der Waals surface area contributed by atoms with Crippen LogP contribution in [0.15, 0.2) is 47.2 Å². The Kier molecular flexibility index (Phi) is 7.07. The maximum atomic E-state index is 12.2. The number of hydrogen-bond acceptors (Lipinski definition) is 5. The minimum absolute atomic E-state index is 0.103. The number of nitrogens with zero attached hydrogens (tertiary/aromatic N) is 1. The largest absolute Gasteiger partial charge is 0.376 e. The topological polar surface area (TPSA) is 92.4 Å². The number of rotatable bonds is 5. The van der Waals surface area contributed by atoms with Crippen molar-refractivity contribution in [1.29, 1.82) is 0 Å². The van der Waals surface area contributed by atoms with Crippen LogP contribution in [0.25, 0.3) is 0 Å². The number of benzene rings is 1. The molecule has 146 valence electrons. The SMILES string of the molecule is O=C(NC[C@@H]1CCCO1)c1ccc(NC(=S)NC(=O)c2cncc(Br)c2)cc1. The highest BCUT2D eigenvalue weighted by molar-refractivity contribution is 9.10. The zero-order valence-corrected chi connectivity index (χ0v) is 17.3. The predicted molar refractivity (Wildman–Crippen MR) is 113 cm³/mol. The highest BCUT2D eigenvalue weighted by atomic mass is 79.9. The summed E-state index contributed by atoms with van der Waals surface area (Å²) < 4.78 is 6.19. The van der Waals surface area contributed by atoms with Crippen LogP contribution in [0.4, 0.5) is 5.69 Å². The Morgan fingerprint density at radius 3 is 2.64 bits per heavy atom. The van der Waals surface area contributed by atoms with Crippen LogP contribution in [0.3, 0.4) is 0 Å². The Bertz CT molecular complexity index is 870. The number of aromatic nitrogens is 1. The first-order valence-electron chi connectivity index (χ1n) is 8.74. The third-order valence-corrected chi connectivity index (χ3v) is 4.75. The van der Waals surface area contributed by atoms with E-state index in [0.29, 0.717) is 27.8 Å². The molecule has 0 bridgehead atoms. The van der Waals surface area contributed by atoms with E-state index in [9.17, 15) is 9.59 Å². The highest BCUT2D eigenvalue weighted by Gasteiger charge is 2.16. The zero-order valence-electron chi connectivity index (χ0n) is 14.9. The van der Waals surface area contributed by atoms with Crippen molar-refractivity contribution in [2.45, 2.75) is 18.9 Å². The van der Waals surface area contributed by atoms with Gasteiger partial charge in [-0.1, -0.05) is 0 Å². The van der Waals surface area contributed by atoms with Crippen LogP contribution in [0.1, 0.15) is 33.6 Å². The van der Waals surface area contributed by atoms with Crippen molar-refractivity contribution < 1.29 is 14.3 Å². The van der Waals surface area contributed by atoms with Gasteiger partial charge in [-0.05, 0) is 71.3 Å². The first-order valence-corrected chi connectivity index (χ1v) is 9.94. The molecular weight excluding hydrogens is 444 g/mol. The van der Waals surface area contributed by atoms with Gasteiger partial charge in [-0.15, -0.1) is 0 Å². The van der Waals surface area contributed by atoms with Crippen molar-refractivity contribution in [2.24, 2.45) is 0 Å². The number of anilines is 1. The van der Waals surface area contributed by atoms with E-state index >= 15 is 0 Å². The summed E-state index contributed by atoms with van der Waals surface area (Å²) in [7, 11) is 0. The lowest BCUT2D eigenvalue weighted by molar-refractivity contribution is 0.0857. The lowest BCUT2D eigenvalue weighted by Crippen LogP contribution is -2.34. The number of thiocarbonyl (C=S) groups is 1. The molecule has 0 saturated carbocycles. The molecule has 1 aromatic heterocycles. The van der Waals surface area contributed by atoms with Crippen LogP contribution in [0, 0.1) is 0 Å². The smallest absolute Gasteiger partial charge is 0.259 e. The molecule has 1 atom stereocenters. The first kappa shape index (κ1) is 20.4. The molecule has 0 spiro atoms. The van der Waals surface area contributed by atoms with Crippen molar-refractivity contribution in [3.63, 3.8) is 0 Å². The molecule has 28 heavy (non-hydrogen) atoms. The van der Waals surface area contributed by atoms with Gasteiger partial charge in [0.15, 0.2) is 5.11 Å². The van der Waals surface area contributed by atoms with E-state index in [1.165, 1.54) is 6.20 Å². The summed E-state index contributed by atoms with van der Waals surface area (Å²) in [4.78, 5) is 28.3. The molecule has 0 radical (unpaired) electrons. The second kappa shape index (κ2) is 9.72. The molecule has 1 aliphatic rings. The number of pyridine rings is 1. The van der Waals surface area contributed by atoms with Gasteiger partial charge in [0.1, 0.15) is 0 Å². The summed E-state index contributed by atoms with van der Waals surface area (Å²) in [5.41, 5.74) is 1.59. The summed E-state index contributed by atoms with van der Waals surface area (Å²) in [6, 6.07) is 8.47. The Balaban J connectivity index is 1.49. The molecule has 2 heterocycles. The average molecular weight is 463 g/mol. The van der Waals surface area contributed by atoms with E-state index in [1.807, 2.05) is 0 Å². The van der Waals surface area contributed by atoms with Gasteiger partial charge in [-0.3, -0.25) is 19.9 Å². The predicted octanol–water partition coefficient (Wildman–Crippen LogP) is 2.88. The van der Waals surface area contributed by atoms with E-state index in [1.54, 1.807) is 36.5 Å². The molecule has 2 amide bonds. The lowest BCUT2D eigenvalue weighted by Gasteiger charge is -2.12. The Morgan fingerprint density at radius 2 is 1.96 bits per heavy atom. The second-order valence-corrected chi connectivity index (χ2v) is 7.55. The lowest BCUT2D eigenvalue weighted by atomic mass is 10.2. The van der Waals surface area contributed by atoms with E-state index in [4.69, 9.17) is 17.0 Å². The molecule has 0 unspecified atom stereocenters. The van der Waals surface area contributed by atoms with Crippen LogP contribution in [-0.2, 0) is 4.74 Å². The van der Waals surface area contributed by atoms with Crippen molar-refractivity contribution >= 4 is 50.8 Å². The van der Waals surface area contributed by atoms with Gasteiger partial charge in [0.25, 0.3) is 11.8 Å². The fraction of sp³-hybridized carbons (Fsp3) is 0.263. The Hall–Kier alpha value is -2.36. The normalized spacial score (nSPS) is 15.7. The molecule has 9 heteroatoms. The molecule has 2 aromatic rings. The number of carbonyl (C=O) groups excluding carboxylic acids is 2. The third-order valence-electron chi connectivity index (χ3n) is 4.11. The van der Waals surface area contributed by atoms with Crippen molar-refractivity contribution in [2.75, 3.05) is 18.5 Å². The number of nitrogens with one attached hydrogen (secondary N) is 3. The maximum absolute atomic E-state index is 12.2. The quantitative estimate of drug-likeness (QED) is 0.591. The van der Waals surface area contributed by atoms with Crippen molar-refractivity contribution in [1.82, 2.24) is 15.6 Å². The summed E-state index contributed by atoms with van der Waals surface area (Å²) >= 11 is 8.43. The van der Waals surface area contributed by atoms with Gasteiger partial charge in [0.05, 0.1) is 11.7 Å². The number of carbonyl (C=O) groups is 2. The molecule has 1 aromatic carbocycles. The van der Waals surface area contributed by atoms with Crippen LogP contribution < -0.4 is 16.0 Å². The molecule has 7 nitrogen and oxygen atoms in total. The fourth-order valence-corrected chi connectivity index (χ4v) is 3.27. The van der Waals surface area contributed by atoms with Crippen molar-refractivity contribution in [3.05, 3.63) is 58.3 Å². The highest BCUT2D eigenvalue weighted by Crippen LogP contribution is 2.13. The van der Waals surface area contributed by atoms with Gasteiger partial charge < -0.3 is 15.4 Å². The van der Waals surface area contributed by atoms with Crippen LogP contribution >= 0.6 is 28.1 Å². The second-order valence-electron chi connectivity index (χ2n) is 6.22. The van der Waals surface area contributed by atoms with Gasteiger partial charge >= 0.3 is 0 Å². The fourth-order valence-electron chi connectivity index (χ4n) is 2.69.